The molecule has 0 amide bonds. The summed E-state index contributed by atoms with van der Waals surface area (Å²) in [6.07, 6.45) is 0. The van der Waals surface area contributed by atoms with Crippen LogP contribution >= 0.6 is 22.9 Å². The number of aromatic carboxylic acids is 1. The Balaban J connectivity index is 2.49. The predicted octanol–water partition coefficient (Wildman–Crippen LogP) is 3.22. The van der Waals surface area contributed by atoms with Gasteiger partial charge in [-0.15, -0.1) is 11.3 Å². The highest BCUT2D eigenvalue weighted by molar-refractivity contribution is 7.15. The lowest BCUT2D eigenvalue weighted by molar-refractivity contribution is 0.0689. The van der Waals surface area contributed by atoms with E-state index in [1.54, 1.807) is 6.07 Å². The maximum atomic E-state index is 11.2. The molecule has 100 valence electrons. The molecule has 0 fully saturated rings. The molecule has 0 saturated carbocycles. The summed E-state index contributed by atoms with van der Waals surface area (Å²) in [5, 5.41) is 10.4. The second-order valence-corrected chi connectivity index (χ2v) is 5.80. The summed E-state index contributed by atoms with van der Waals surface area (Å²) in [6.45, 7) is 0.545. The quantitative estimate of drug-likeness (QED) is 0.941. The second-order valence-electron chi connectivity index (χ2n) is 4.31. The zero-order valence-corrected chi connectivity index (χ0v) is 12.1. The molecule has 0 atom stereocenters. The first-order valence-electron chi connectivity index (χ1n) is 5.61. The molecule has 0 bridgehead atoms. The Hall–Kier alpha value is -1.43. The highest BCUT2D eigenvalue weighted by atomic mass is 35.5. The van der Waals surface area contributed by atoms with Crippen molar-refractivity contribution in [1.29, 1.82) is 0 Å². The summed E-state index contributed by atoms with van der Waals surface area (Å²) in [6, 6.07) is 7.30. The minimum absolute atomic E-state index is 0.105. The Morgan fingerprint density at radius 3 is 2.68 bits per heavy atom. The highest BCUT2D eigenvalue weighted by Gasteiger charge is 2.19. The van der Waals surface area contributed by atoms with Crippen LogP contribution in [0.5, 0.6) is 0 Å². The zero-order valence-electron chi connectivity index (χ0n) is 10.6. The van der Waals surface area contributed by atoms with Crippen LogP contribution in [-0.4, -0.2) is 35.1 Å². The number of hydrogen-bond donors (Lipinski definition) is 1. The van der Waals surface area contributed by atoms with Crippen molar-refractivity contribution < 1.29 is 9.90 Å². The van der Waals surface area contributed by atoms with E-state index in [-0.39, 0.29) is 5.69 Å². The van der Waals surface area contributed by atoms with Crippen LogP contribution in [0.2, 0.25) is 5.02 Å². The second kappa shape index (κ2) is 5.69. The van der Waals surface area contributed by atoms with Gasteiger partial charge in [0.1, 0.15) is 5.01 Å². The molecule has 0 radical (unpaired) electrons. The normalized spacial score (nSPS) is 10.9. The fourth-order valence-corrected chi connectivity index (χ4v) is 3.15. The molecule has 1 heterocycles. The third-order valence-electron chi connectivity index (χ3n) is 2.46. The van der Waals surface area contributed by atoms with Gasteiger partial charge in [0.25, 0.3) is 0 Å². The molecule has 0 spiro atoms. The summed E-state index contributed by atoms with van der Waals surface area (Å²) < 4.78 is 0. The topological polar surface area (TPSA) is 53.4 Å². The van der Waals surface area contributed by atoms with Crippen molar-refractivity contribution in [2.75, 3.05) is 14.1 Å². The van der Waals surface area contributed by atoms with E-state index >= 15 is 0 Å². The summed E-state index contributed by atoms with van der Waals surface area (Å²) >= 11 is 7.48. The van der Waals surface area contributed by atoms with E-state index in [4.69, 9.17) is 11.6 Å². The standard InChI is InChI=1S/C13H13ClN2O2S/c1-16(2)7-10-11(13(17)18)15-12(19-10)8-5-3-4-6-9(8)14/h3-6H,7H2,1-2H3,(H,17,18). The molecule has 2 aromatic rings. The van der Waals surface area contributed by atoms with E-state index in [2.05, 4.69) is 4.98 Å². The van der Waals surface area contributed by atoms with E-state index < -0.39 is 5.97 Å². The lowest BCUT2D eigenvalue weighted by atomic mass is 10.2. The highest BCUT2D eigenvalue weighted by Crippen LogP contribution is 2.33. The van der Waals surface area contributed by atoms with Gasteiger partial charge < -0.3 is 10.0 Å². The first-order chi connectivity index (χ1) is 8.99. The fourth-order valence-electron chi connectivity index (χ4n) is 1.66. The lowest BCUT2D eigenvalue weighted by Crippen LogP contribution is -2.12. The number of halogens is 1. The van der Waals surface area contributed by atoms with Crippen molar-refractivity contribution in [3.8, 4) is 10.6 Å². The Bertz CT molecular complexity index is 610. The van der Waals surface area contributed by atoms with E-state index in [9.17, 15) is 9.90 Å². The molecule has 0 saturated heterocycles. The van der Waals surface area contributed by atoms with Gasteiger partial charge in [0.2, 0.25) is 0 Å². The van der Waals surface area contributed by atoms with Crippen LogP contribution in [0.3, 0.4) is 0 Å². The van der Waals surface area contributed by atoms with Crippen molar-refractivity contribution in [3.05, 3.63) is 39.9 Å². The Labute approximate surface area is 120 Å². The third-order valence-corrected chi connectivity index (χ3v) is 3.87. The van der Waals surface area contributed by atoms with Crippen molar-refractivity contribution >= 4 is 28.9 Å². The molecule has 2 rings (SSSR count). The number of rotatable bonds is 4. The molecule has 1 aromatic heterocycles. The number of benzene rings is 1. The first-order valence-corrected chi connectivity index (χ1v) is 6.81. The number of thiazole rings is 1. The van der Waals surface area contributed by atoms with E-state index in [1.807, 2.05) is 37.2 Å². The molecule has 1 N–H and O–H groups in total. The van der Waals surface area contributed by atoms with Crippen LogP contribution in [-0.2, 0) is 6.54 Å². The number of nitrogens with zero attached hydrogens (tertiary/aromatic N) is 2. The number of carboxylic acid groups (broad SMARTS) is 1. The van der Waals surface area contributed by atoms with Gasteiger partial charge in [-0.25, -0.2) is 9.78 Å². The zero-order chi connectivity index (χ0) is 14.0. The number of hydrogen-bond acceptors (Lipinski definition) is 4. The molecule has 0 aliphatic carbocycles. The minimum Gasteiger partial charge on any atom is -0.476 e. The van der Waals surface area contributed by atoms with Crippen LogP contribution in [0, 0.1) is 0 Å². The van der Waals surface area contributed by atoms with Crippen LogP contribution in [0.4, 0.5) is 0 Å². The minimum atomic E-state index is -1.01. The third kappa shape index (κ3) is 3.12. The van der Waals surface area contributed by atoms with Crippen LogP contribution in [0.1, 0.15) is 15.4 Å². The van der Waals surface area contributed by atoms with Crippen molar-refractivity contribution in [1.82, 2.24) is 9.88 Å². The van der Waals surface area contributed by atoms with Gasteiger partial charge in [0, 0.05) is 12.1 Å². The van der Waals surface area contributed by atoms with Crippen molar-refractivity contribution in [3.63, 3.8) is 0 Å². The van der Waals surface area contributed by atoms with Crippen molar-refractivity contribution in [2.45, 2.75) is 6.54 Å². The molecule has 19 heavy (non-hydrogen) atoms. The van der Waals surface area contributed by atoms with Gasteiger partial charge in [-0.1, -0.05) is 29.8 Å². The van der Waals surface area contributed by atoms with E-state index in [0.29, 0.717) is 16.6 Å². The van der Waals surface area contributed by atoms with Gasteiger partial charge in [-0.3, -0.25) is 0 Å². The molecule has 0 aliphatic heterocycles. The largest absolute Gasteiger partial charge is 0.476 e. The average molecular weight is 297 g/mol. The van der Waals surface area contributed by atoms with Crippen molar-refractivity contribution in [2.24, 2.45) is 0 Å². The fraction of sp³-hybridized carbons (Fsp3) is 0.231. The monoisotopic (exact) mass is 296 g/mol. The summed E-state index contributed by atoms with van der Waals surface area (Å²) in [7, 11) is 3.78. The Kier molecular flexibility index (Phi) is 4.19. The smallest absolute Gasteiger partial charge is 0.355 e. The van der Waals surface area contributed by atoms with E-state index in [0.717, 1.165) is 10.4 Å². The van der Waals surface area contributed by atoms with Crippen LogP contribution in [0.25, 0.3) is 10.6 Å². The first kappa shape index (κ1) is 14.0. The number of carbonyl (C=O) groups is 1. The molecular formula is C13H13ClN2O2S. The summed E-state index contributed by atoms with van der Waals surface area (Å²) in [5.41, 5.74) is 0.871. The molecule has 6 heteroatoms. The molecule has 4 nitrogen and oxygen atoms in total. The summed E-state index contributed by atoms with van der Waals surface area (Å²) in [5.74, 6) is -1.01. The number of aromatic nitrogens is 1. The van der Waals surface area contributed by atoms with Gasteiger partial charge in [0.15, 0.2) is 5.69 Å². The van der Waals surface area contributed by atoms with Crippen LogP contribution < -0.4 is 0 Å². The maximum Gasteiger partial charge on any atom is 0.355 e. The SMILES string of the molecule is CN(C)Cc1sc(-c2ccccc2Cl)nc1C(=O)O. The van der Waals surface area contributed by atoms with Crippen LogP contribution in [0.15, 0.2) is 24.3 Å². The molecule has 0 unspecified atom stereocenters. The average Bonchev–Trinajstić information content (AvgIpc) is 2.72. The van der Waals surface area contributed by atoms with Gasteiger partial charge in [-0.05, 0) is 20.2 Å². The molecule has 1 aromatic carbocycles. The Morgan fingerprint density at radius 1 is 1.42 bits per heavy atom. The molecule has 0 aliphatic rings. The summed E-state index contributed by atoms with van der Waals surface area (Å²) in [4.78, 5) is 18.1. The predicted molar refractivity (Wildman–Crippen MR) is 76.9 cm³/mol. The molecular weight excluding hydrogens is 284 g/mol. The lowest BCUT2D eigenvalue weighted by Gasteiger charge is -2.06. The van der Waals surface area contributed by atoms with Gasteiger partial charge in [-0.2, -0.15) is 0 Å². The van der Waals surface area contributed by atoms with E-state index in [1.165, 1.54) is 11.3 Å². The van der Waals surface area contributed by atoms with Gasteiger partial charge >= 0.3 is 5.97 Å². The number of carboxylic acids is 1. The Morgan fingerprint density at radius 2 is 2.11 bits per heavy atom. The maximum absolute atomic E-state index is 11.2. The van der Waals surface area contributed by atoms with Gasteiger partial charge in [0.05, 0.1) is 9.90 Å².